The van der Waals surface area contributed by atoms with E-state index in [9.17, 15) is 4.79 Å². The first kappa shape index (κ1) is 15.9. The van der Waals surface area contributed by atoms with E-state index in [-0.39, 0.29) is 0 Å². The number of esters is 1. The van der Waals surface area contributed by atoms with Gasteiger partial charge in [-0.05, 0) is 31.5 Å². The van der Waals surface area contributed by atoms with Gasteiger partial charge in [0.05, 0.1) is 17.3 Å². The van der Waals surface area contributed by atoms with Crippen molar-refractivity contribution in [1.29, 1.82) is 0 Å². The number of hydrogen-bond acceptors (Lipinski definition) is 3. The van der Waals surface area contributed by atoms with E-state index in [4.69, 9.17) is 27.9 Å². The standard InChI is InChI=1S/C15H16Cl2N2O2/c1-3-5-12-13(15(20)21-4-2)14(19-18-12)10-7-6-9(16)8-11(10)17/h6-8H,3-5H2,1-2H3,(H,18,19). The normalized spacial score (nSPS) is 10.7. The van der Waals surface area contributed by atoms with Crippen LogP contribution in [0.15, 0.2) is 18.2 Å². The number of nitrogens with zero attached hydrogens (tertiary/aromatic N) is 1. The number of ether oxygens (including phenoxy) is 1. The number of carbonyl (C=O) groups is 1. The van der Waals surface area contributed by atoms with Crippen molar-refractivity contribution < 1.29 is 9.53 Å². The van der Waals surface area contributed by atoms with Crippen molar-refractivity contribution in [2.75, 3.05) is 6.61 Å². The van der Waals surface area contributed by atoms with E-state index in [2.05, 4.69) is 10.2 Å². The Hall–Kier alpha value is -1.52. The van der Waals surface area contributed by atoms with Crippen LogP contribution in [0.1, 0.15) is 36.3 Å². The van der Waals surface area contributed by atoms with Gasteiger partial charge in [0.1, 0.15) is 11.3 Å². The highest BCUT2D eigenvalue weighted by atomic mass is 35.5. The molecule has 6 heteroatoms. The van der Waals surface area contributed by atoms with Crippen LogP contribution in [0.25, 0.3) is 11.3 Å². The zero-order chi connectivity index (χ0) is 15.4. The lowest BCUT2D eigenvalue weighted by Crippen LogP contribution is -2.08. The summed E-state index contributed by atoms with van der Waals surface area (Å²) in [7, 11) is 0. The van der Waals surface area contributed by atoms with Gasteiger partial charge in [-0.2, -0.15) is 5.10 Å². The molecule has 0 fully saturated rings. The molecule has 0 amide bonds. The molecule has 0 saturated heterocycles. The van der Waals surface area contributed by atoms with Crippen LogP contribution in [-0.4, -0.2) is 22.8 Å². The maximum Gasteiger partial charge on any atom is 0.342 e. The number of carbonyl (C=O) groups excluding carboxylic acids is 1. The highest BCUT2D eigenvalue weighted by molar-refractivity contribution is 6.36. The number of nitrogens with one attached hydrogen (secondary N) is 1. The summed E-state index contributed by atoms with van der Waals surface area (Å²) in [6.45, 7) is 4.11. The van der Waals surface area contributed by atoms with Gasteiger partial charge in [-0.15, -0.1) is 0 Å². The minimum Gasteiger partial charge on any atom is -0.462 e. The molecule has 0 aliphatic rings. The first-order valence-electron chi connectivity index (χ1n) is 6.78. The summed E-state index contributed by atoms with van der Waals surface area (Å²) in [5.41, 5.74) is 2.36. The number of aryl methyl sites for hydroxylation is 1. The molecule has 2 rings (SSSR count). The molecule has 0 aliphatic heterocycles. The summed E-state index contributed by atoms with van der Waals surface area (Å²) in [4.78, 5) is 12.2. The topological polar surface area (TPSA) is 55.0 Å². The summed E-state index contributed by atoms with van der Waals surface area (Å²) in [5, 5.41) is 8.14. The number of halogens is 2. The van der Waals surface area contributed by atoms with Gasteiger partial charge in [0, 0.05) is 10.6 Å². The third-order valence-electron chi connectivity index (χ3n) is 3.01. The number of H-pyrrole nitrogens is 1. The Morgan fingerprint density at radius 1 is 1.33 bits per heavy atom. The van der Waals surface area contributed by atoms with Crippen molar-refractivity contribution in [2.45, 2.75) is 26.7 Å². The summed E-state index contributed by atoms with van der Waals surface area (Å²) < 4.78 is 5.13. The molecule has 0 aliphatic carbocycles. The van der Waals surface area contributed by atoms with Crippen LogP contribution < -0.4 is 0 Å². The molecule has 4 nitrogen and oxygen atoms in total. The van der Waals surface area contributed by atoms with Crippen molar-refractivity contribution in [3.63, 3.8) is 0 Å². The molecule has 0 unspecified atom stereocenters. The van der Waals surface area contributed by atoms with Crippen molar-refractivity contribution in [2.24, 2.45) is 0 Å². The summed E-state index contributed by atoms with van der Waals surface area (Å²) in [5.74, 6) is -0.393. The van der Waals surface area contributed by atoms with Crippen LogP contribution in [0.3, 0.4) is 0 Å². The van der Waals surface area contributed by atoms with E-state index in [1.165, 1.54) is 0 Å². The molecule has 0 spiro atoms. The summed E-state index contributed by atoms with van der Waals surface area (Å²) in [6.07, 6.45) is 1.61. The fraction of sp³-hybridized carbons (Fsp3) is 0.333. The molecule has 1 aromatic heterocycles. The average molecular weight is 327 g/mol. The molecule has 21 heavy (non-hydrogen) atoms. The first-order valence-corrected chi connectivity index (χ1v) is 7.53. The lowest BCUT2D eigenvalue weighted by atomic mass is 10.0. The van der Waals surface area contributed by atoms with Crippen molar-refractivity contribution in [3.05, 3.63) is 39.5 Å². The predicted octanol–water partition coefficient (Wildman–Crippen LogP) is 4.51. The van der Waals surface area contributed by atoms with Crippen LogP contribution in [0, 0.1) is 0 Å². The van der Waals surface area contributed by atoms with Crippen molar-refractivity contribution in [3.8, 4) is 11.3 Å². The van der Waals surface area contributed by atoms with Crippen molar-refractivity contribution in [1.82, 2.24) is 10.2 Å². The Kier molecular flexibility index (Phi) is 5.26. The van der Waals surface area contributed by atoms with Crippen LogP contribution >= 0.6 is 23.2 Å². The third kappa shape index (κ3) is 3.39. The predicted molar refractivity (Wildman–Crippen MR) is 84.0 cm³/mol. The van der Waals surface area contributed by atoms with Crippen LogP contribution in [0.5, 0.6) is 0 Å². The molecule has 0 bridgehead atoms. The number of aromatic nitrogens is 2. The summed E-state index contributed by atoms with van der Waals surface area (Å²) >= 11 is 12.1. The fourth-order valence-corrected chi connectivity index (χ4v) is 2.61. The van der Waals surface area contributed by atoms with Gasteiger partial charge in [0.2, 0.25) is 0 Å². The second-order valence-electron chi connectivity index (χ2n) is 4.52. The minimum absolute atomic E-state index is 0.309. The van der Waals surface area contributed by atoms with E-state index in [0.717, 1.165) is 12.1 Å². The molecule has 1 aromatic carbocycles. The zero-order valence-electron chi connectivity index (χ0n) is 11.9. The van der Waals surface area contributed by atoms with E-state index < -0.39 is 5.97 Å². The molecule has 2 aromatic rings. The Morgan fingerprint density at radius 3 is 2.71 bits per heavy atom. The van der Waals surface area contributed by atoms with Gasteiger partial charge in [-0.3, -0.25) is 5.10 Å². The molecule has 0 atom stereocenters. The fourth-order valence-electron chi connectivity index (χ4n) is 2.11. The molecular formula is C15H16Cl2N2O2. The van der Waals surface area contributed by atoms with Crippen LogP contribution in [0.4, 0.5) is 0 Å². The zero-order valence-corrected chi connectivity index (χ0v) is 13.4. The Bertz CT molecular complexity index is 653. The van der Waals surface area contributed by atoms with Gasteiger partial charge in [-0.25, -0.2) is 4.79 Å². The number of aromatic amines is 1. The maximum atomic E-state index is 12.2. The van der Waals surface area contributed by atoms with Crippen LogP contribution in [0.2, 0.25) is 10.0 Å². The molecule has 0 radical (unpaired) electrons. The van der Waals surface area contributed by atoms with Gasteiger partial charge in [0.25, 0.3) is 0 Å². The second kappa shape index (κ2) is 6.96. The van der Waals surface area contributed by atoms with E-state index >= 15 is 0 Å². The maximum absolute atomic E-state index is 12.2. The molecular weight excluding hydrogens is 311 g/mol. The third-order valence-corrected chi connectivity index (χ3v) is 3.55. The number of rotatable bonds is 5. The molecule has 0 saturated carbocycles. The minimum atomic E-state index is -0.393. The van der Waals surface area contributed by atoms with Crippen LogP contribution in [-0.2, 0) is 11.2 Å². The van der Waals surface area contributed by atoms with E-state index in [1.54, 1.807) is 25.1 Å². The molecule has 1 N–H and O–H groups in total. The largest absolute Gasteiger partial charge is 0.462 e. The number of hydrogen-bond donors (Lipinski definition) is 1. The van der Waals surface area contributed by atoms with Gasteiger partial charge < -0.3 is 4.74 Å². The lowest BCUT2D eigenvalue weighted by Gasteiger charge is -2.07. The highest BCUT2D eigenvalue weighted by Crippen LogP contribution is 2.33. The molecule has 1 heterocycles. The Balaban J connectivity index is 2.55. The van der Waals surface area contributed by atoms with Gasteiger partial charge in [0.15, 0.2) is 0 Å². The SMILES string of the molecule is CCCc1[nH]nc(-c2ccc(Cl)cc2Cl)c1C(=O)OCC. The van der Waals surface area contributed by atoms with Gasteiger partial charge >= 0.3 is 5.97 Å². The highest BCUT2D eigenvalue weighted by Gasteiger charge is 2.23. The smallest absolute Gasteiger partial charge is 0.342 e. The number of benzene rings is 1. The quantitative estimate of drug-likeness (QED) is 0.822. The first-order chi connectivity index (χ1) is 10.1. The van der Waals surface area contributed by atoms with Crippen molar-refractivity contribution >= 4 is 29.2 Å². The Morgan fingerprint density at radius 2 is 2.10 bits per heavy atom. The molecule has 112 valence electrons. The Labute approximate surface area is 133 Å². The van der Waals surface area contributed by atoms with E-state index in [1.807, 2.05) is 6.92 Å². The monoisotopic (exact) mass is 326 g/mol. The second-order valence-corrected chi connectivity index (χ2v) is 5.36. The van der Waals surface area contributed by atoms with Gasteiger partial charge in [-0.1, -0.05) is 36.5 Å². The lowest BCUT2D eigenvalue weighted by molar-refractivity contribution is 0.0526. The average Bonchev–Trinajstić information content (AvgIpc) is 2.83. The van der Waals surface area contributed by atoms with E-state index in [0.29, 0.717) is 39.9 Å². The summed E-state index contributed by atoms with van der Waals surface area (Å²) in [6, 6.07) is 5.09.